The largest absolute Gasteiger partial charge is 0.504 e. The summed E-state index contributed by atoms with van der Waals surface area (Å²) >= 11 is 0. The van der Waals surface area contributed by atoms with Gasteiger partial charge in [-0.2, -0.15) is 4.98 Å². The molecule has 1 heterocycles. The molecule has 0 radical (unpaired) electrons. The fraction of sp³-hybridized carbons (Fsp3) is 0.136. The smallest absolute Gasteiger partial charge is 0.259 e. The summed E-state index contributed by atoms with van der Waals surface area (Å²) in [6, 6.07) is 9.79. The van der Waals surface area contributed by atoms with Crippen molar-refractivity contribution in [2.24, 2.45) is 5.73 Å². The Balaban J connectivity index is 1.99. The normalized spacial score (nSPS) is 10.5. The molecule has 8 nitrogen and oxygen atoms in total. The van der Waals surface area contributed by atoms with Crippen LogP contribution in [0.2, 0.25) is 0 Å². The number of aromatic nitrogens is 1. The van der Waals surface area contributed by atoms with E-state index in [1.807, 2.05) is 0 Å². The monoisotopic (exact) mass is 442 g/mol. The van der Waals surface area contributed by atoms with Gasteiger partial charge in [0.1, 0.15) is 11.6 Å². The Hall–Kier alpha value is -4.21. The van der Waals surface area contributed by atoms with Crippen LogP contribution in [0.25, 0.3) is 0 Å². The van der Waals surface area contributed by atoms with Crippen molar-refractivity contribution in [2.45, 2.75) is 6.92 Å². The van der Waals surface area contributed by atoms with Gasteiger partial charge < -0.3 is 25.2 Å². The summed E-state index contributed by atoms with van der Waals surface area (Å²) in [7, 11) is 3.09. The van der Waals surface area contributed by atoms with Crippen molar-refractivity contribution in [3.63, 3.8) is 0 Å². The third-order valence-electron chi connectivity index (χ3n) is 4.42. The van der Waals surface area contributed by atoms with Crippen LogP contribution in [-0.2, 0) is 0 Å². The number of halogens is 2. The van der Waals surface area contributed by atoms with E-state index in [0.29, 0.717) is 5.56 Å². The third kappa shape index (κ3) is 4.59. The van der Waals surface area contributed by atoms with E-state index in [1.165, 1.54) is 42.2 Å². The number of amidine groups is 1. The van der Waals surface area contributed by atoms with Crippen molar-refractivity contribution < 1.29 is 28.2 Å². The molecular formula is C22H20F2N4O4. The second-order valence-corrected chi connectivity index (χ2v) is 7.00. The van der Waals surface area contributed by atoms with Gasteiger partial charge in [-0.05, 0) is 37.3 Å². The molecule has 0 saturated carbocycles. The number of hydrogen-bond acceptors (Lipinski definition) is 6. The van der Waals surface area contributed by atoms with Gasteiger partial charge in [0.15, 0.2) is 23.1 Å². The molecule has 1 amide bonds. The molecule has 0 aliphatic heterocycles. The molecule has 0 spiro atoms. The topological polar surface area (TPSA) is 122 Å². The third-order valence-corrected chi connectivity index (χ3v) is 4.42. The number of nitrogens with two attached hydrogens (primary N) is 1. The summed E-state index contributed by atoms with van der Waals surface area (Å²) in [5.74, 6) is -4.49. The molecule has 0 aliphatic carbocycles. The molecule has 2 aromatic carbocycles. The van der Waals surface area contributed by atoms with Gasteiger partial charge in [0.25, 0.3) is 17.7 Å². The van der Waals surface area contributed by atoms with Crippen molar-refractivity contribution in [3.8, 4) is 29.0 Å². The van der Waals surface area contributed by atoms with Crippen LogP contribution in [0.4, 0.5) is 8.78 Å². The zero-order valence-corrected chi connectivity index (χ0v) is 17.4. The lowest BCUT2D eigenvalue weighted by molar-refractivity contribution is 0.0827. The van der Waals surface area contributed by atoms with Gasteiger partial charge in [-0.1, -0.05) is 12.1 Å². The molecule has 10 heteroatoms. The number of hydrogen-bond donors (Lipinski definition) is 3. The second kappa shape index (κ2) is 8.88. The van der Waals surface area contributed by atoms with Gasteiger partial charge in [0.05, 0.1) is 0 Å². The van der Waals surface area contributed by atoms with E-state index >= 15 is 0 Å². The first-order chi connectivity index (χ1) is 15.1. The number of carbonyl (C=O) groups excluding carboxylic acids is 1. The van der Waals surface area contributed by atoms with E-state index in [1.54, 1.807) is 26.2 Å². The van der Waals surface area contributed by atoms with Gasteiger partial charge in [0.2, 0.25) is 0 Å². The molecule has 0 saturated heterocycles. The zero-order valence-electron chi connectivity index (χ0n) is 17.4. The summed E-state index contributed by atoms with van der Waals surface area (Å²) in [6.45, 7) is 1.17. The number of amides is 1. The van der Waals surface area contributed by atoms with Gasteiger partial charge >= 0.3 is 0 Å². The van der Waals surface area contributed by atoms with Crippen LogP contribution in [0.3, 0.4) is 0 Å². The second-order valence-electron chi connectivity index (χ2n) is 7.00. The predicted octanol–water partition coefficient (Wildman–Crippen LogP) is 3.94. The van der Waals surface area contributed by atoms with Crippen molar-refractivity contribution >= 4 is 11.7 Å². The maximum Gasteiger partial charge on any atom is 0.259 e. The highest BCUT2D eigenvalue weighted by atomic mass is 19.1. The molecule has 0 aliphatic rings. The number of nitrogens with zero attached hydrogens (tertiary/aromatic N) is 2. The van der Waals surface area contributed by atoms with Gasteiger partial charge in [0, 0.05) is 30.8 Å². The summed E-state index contributed by atoms with van der Waals surface area (Å²) in [4.78, 5) is 17.2. The SMILES string of the molecule is Cc1c(F)c(Oc2cccc(C(=N)N)c2)nc(Oc2cc(C(=O)N(C)C)ccc2O)c1F. The van der Waals surface area contributed by atoms with Crippen LogP contribution in [0.5, 0.6) is 29.0 Å². The predicted molar refractivity (Wildman–Crippen MR) is 113 cm³/mol. The fourth-order valence-electron chi connectivity index (χ4n) is 2.67. The maximum atomic E-state index is 14.7. The molecule has 0 unspecified atom stereocenters. The first kappa shape index (κ1) is 22.5. The number of ether oxygens (including phenoxy) is 2. The Morgan fingerprint density at radius 1 is 1.06 bits per heavy atom. The van der Waals surface area contributed by atoms with Crippen LogP contribution >= 0.6 is 0 Å². The van der Waals surface area contributed by atoms with E-state index in [-0.39, 0.29) is 34.6 Å². The van der Waals surface area contributed by atoms with Crippen molar-refractivity contribution in [3.05, 3.63) is 70.8 Å². The molecule has 166 valence electrons. The molecule has 0 fully saturated rings. The number of nitrogens with one attached hydrogen (secondary N) is 1. The minimum absolute atomic E-state index is 0.113. The van der Waals surface area contributed by atoms with Crippen LogP contribution in [-0.4, -0.2) is 40.8 Å². The maximum absolute atomic E-state index is 14.7. The molecule has 0 bridgehead atoms. The Bertz CT molecular complexity index is 1210. The minimum Gasteiger partial charge on any atom is -0.504 e. The number of phenolic OH excluding ortho intramolecular Hbond substituents is 1. The number of rotatable bonds is 6. The first-order valence-corrected chi connectivity index (χ1v) is 9.29. The standard InChI is InChI=1S/C22H20F2N4O4/c1-11-17(23)20(31-14-6-4-5-12(9-14)19(25)26)27-21(18(11)24)32-16-10-13(7-8-15(16)29)22(30)28(2)3/h4-10,29H,1-3H3,(H3,25,26). The summed E-state index contributed by atoms with van der Waals surface area (Å²) in [5, 5.41) is 17.6. The average molecular weight is 442 g/mol. The Kier molecular flexibility index (Phi) is 6.24. The fourth-order valence-corrected chi connectivity index (χ4v) is 2.67. The van der Waals surface area contributed by atoms with Crippen LogP contribution in [0.15, 0.2) is 42.5 Å². The highest BCUT2D eigenvalue weighted by Crippen LogP contribution is 2.36. The number of benzene rings is 2. The molecule has 3 rings (SSSR count). The molecule has 4 N–H and O–H groups in total. The summed E-state index contributed by atoms with van der Waals surface area (Å²) < 4.78 is 40.1. The number of nitrogen functional groups attached to an aromatic ring is 1. The van der Waals surface area contributed by atoms with Crippen molar-refractivity contribution in [1.82, 2.24) is 9.88 Å². The summed E-state index contributed by atoms with van der Waals surface area (Å²) in [5.41, 5.74) is 5.54. The molecular weight excluding hydrogens is 422 g/mol. The average Bonchev–Trinajstić information content (AvgIpc) is 2.76. The highest BCUT2D eigenvalue weighted by molar-refractivity contribution is 5.95. The van der Waals surface area contributed by atoms with Crippen LogP contribution in [0.1, 0.15) is 21.5 Å². The number of pyridine rings is 1. The van der Waals surface area contributed by atoms with Crippen molar-refractivity contribution in [1.29, 1.82) is 5.41 Å². The van der Waals surface area contributed by atoms with E-state index < -0.39 is 29.0 Å². The lowest BCUT2D eigenvalue weighted by atomic mass is 10.2. The molecule has 32 heavy (non-hydrogen) atoms. The lowest BCUT2D eigenvalue weighted by Gasteiger charge is -2.14. The van der Waals surface area contributed by atoms with E-state index in [9.17, 15) is 18.7 Å². The lowest BCUT2D eigenvalue weighted by Crippen LogP contribution is -2.21. The van der Waals surface area contributed by atoms with Gasteiger partial charge in [-0.25, -0.2) is 8.78 Å². The molecule has 1 aromatic heterocycles. The van der Waals surface area contributed by atoms with Gasteiger partial charge in [-0.3, -0.25) is 10.2 Å². The number of carbonyl (C=O) groups is 1. The number of phenols is 1. The highest BCUT2D eigenvalue weighted by Gasteiger charge is 2.22. The van der Waals surface area contributed by atoms with E-state index in [0.717, 1.165) is 0 Å². The minimum atomic E-state index is -1.10. The van der Waals surface area contributed by atoms with Crippen molar-refractivity contribution in [2.75, 3.05) is 14.1 Å². The first-order valence-electron chi connectivity index (χ1n) is 9.29. The Morgan fingerprint density at radius 2 is 1.72 bits per heavy atom. The molecule has 3 aromatic rings. The quantitative estimate of drug-likeness (QED) is 0.393. The van der Waals surface area contributed by atoms with Gasteiger partial charge in [-0.15, -0.1) is 0 Å². The Labute approximate surface area is 182 Å². The Morgan fingerprint density at radius 3 is 2.34 bits per heavy atom. The van der Waals surface area contributed by atoms with Crippen LogP contribution in [0, 0.1) is 24.0 Å². The van der Waals surface area contributed by atoms with Crippen LogP contribution < -0.4 is 15.2 Å². The molecule has 0 atom stereocenters. The van der Waals surface area contributed by atoms with E-state index in [2.05, 4.69) is 4.98 Å². The summed E-state index contributed by atoms with van der Waals surface area (Å²) in [6.07, 6.45) is 0. The zero-order chi connectivity index (χ0) is 23.6. The van der Waals surface area contributed by atoms with E-state index in [4.69, 9.17) is 20.6 Å². The number of aromatic hydroxyl groups is 1.